The number of rotatable bonds is 2. The van der Waals surface area contributed by atoms with Crippen LogP contribution in [0.1, 0.15) is 13.8 Å². The zero-order chi connectivity index (χ0) is 7.11. The van der Waals surface area contributed by atoms with Crippen LogP contribution in [0.3, 0.4) is 0 Å². The first-order valence-corrected chi connectivity index (χ1v) is 3.22. The monoisotopic (exact) mass is 123 g/mol. The Labute approximate surface area is 57.4 Å². The minimum atomic E-state index is 0.983. The Balaban J connectivity index is 3.66. The lowest BCUT2D eigenvalue weighted by Gasteiger charge is -2.09. The first-order chi connectivity index (χ1) is 4.35. The molecule has 1 heteroatoms. The summed E-state index contributed by atoms with van der Waals surface area (Å²) in [5.41, 5.74) is 0. The molecule has 0 aromatic rings. The predicted molar refractivity (Wildman–Crippen MR) is 40.9 cm³/mol. The molecule has 0 aliphatic heterocycles. The molecule has 0 radical (unpaired) electrons. The Morgan fingerprint density at radius 2 is 2.00 bits per heavy atom. The lowest BCUT2D eigenvalue weighted by molar-refractivity contribution is 0.444. The fourth-order valence-electron chi connectivity index (χ4n) is 0.519. The lowest BCUT2D eigenvalue weighted by Crippen LogP contribution is -2.15. The molecule has 0 N–H and O–H groups in total. The molecule has 0 aromatic carbocycles. The van der Waals surface area contributed by atoms with Gasteiger partial charge in [-0.25, -0.2) is 0 Å². The summed E-state index contributed by atoms with van der Waals surface area (Å²) in [7, 11) is 0. The zero-order valence-electron chi connectivity index (χ0n) is 6.15. The predicted octanol–water partition coefficient (Wildman–Crippen LogP) is 1.48. The van der Waals surface area contributed by atoms with Crippen LogP contribution in [0.5, 0.6) is 0 Å². The molecule has 0 rings (SSSR count). The Hall–Kier alpha value is -0.900. The van der Waals surface area contributed by atoms with Crippen LogP contribution in [0.4, 0.5) is 0 Å². The second-order valence-corrected chi connectivity index (χ2v) is 1.63. The first-order valence-electron chi connectivity index (χ1n) is 3.22. The highest BCUT2D eigenvalue weighted by molar-refractivity contribution is 5.11. The van der Waals surface area contributed by atoms with Gasteiger partial charge in [0, 0.05) is 19.1 Å². The molecule has 9 heavy (non-hydrogen) atoms. The van der Waals surface area contributed by atoms with Crippen LogP contribution in [0.2, 0.25) is 0 Å². The molecule has 1 nitrogen and oxygen atoms in total. The molecule has 0 saturated carbocycles. The third kappa shape index (κ3) is 3.66. The van der Waals surface area contributed by atoms with Crippen LogP contribution < -0.4 is 0 Å². The highest BCUT2D eigenvalue weighted by Gasteiger charge is 1.85. The van der Waals surface area contributed by atoms with Gasteiger partial charge in [0.25, 0.3) is 0 Å². The molecule has 0 aliphatic rings. The maximum absolute atomic E-state index is 3.50. The van der Waals surface area contributed by atoms with Crippen molar-refractivity contribution in [3.8, 4) is 12.0 Å². The molecule has 0 aliphatic carbocycles. The van der Waals surface area contributed by atoms with Crippen molar-refractivity contribution in [3.63, 3.8) is 0 Å². The Bertz CT molecular complexity index is 123. The van der Waals surface area contributed by atoms with E-state index in [0.717, 1.165) is 13.1 Å². The van der Waals surface area contributed by atoms with Gasteiger partial charge >= 0.3 is 0 Å². The summed E-state index contributed by atoms with van der Waals surface area (Å²) in [6.07, 6.45) is 1.61. The van der Waals surface area contributed by atoms with Crippen molar-refractivity contribution in [1.82, 2.24) is 4.90 Å². The topological polar surface area (TPSA) is 3.24 Å². The normalized spacial score (nSPS) is 7.33. The van der Waals surface area contributed by atoms with Gasteiger partial charge in [0.2, 0.25) is 0 Å². The van der Waals surface area contributed by atoms with E-state index in [4.69, 9.17) is 0 Å². The van der Waals surface area contributed by atoms with Gasteiger partial charge < -0.3 is 4.90 Å². The van der Waals surface area contributed by atoms with Gasteiger partial charge in [0.1, 0.15) is 0 Å². The minimum Gasteiger partial charge on any atom is -0.333 e. The second kappa shape index (κ2) is 5.24. The van der Waals surface area contributed by atoms with E-state index in [9.17, 15) is 0 Å². The molecule has 0 atom stereocenters. The SMILES string of the molecule is C=CC#CN(CC)CC. The van der Waals surface area contributed by atoms with Crippen molar-refractivity contribution in [2.45, 2.75) is 13.8 Å². The van der Waals surface area contributed by atoms with Crippen LogP contribution in [0, 0.1) is 12.0 Å². The van der Waals surface area contributed by atoms with Crippen molar-refractivity contribution < 1.29 is 0 Å². The van der Waals surface area contributed by atoms with E-state index in [-0.39, 0.29) is 0 Å². The fourth-order valence-corrected chi connectivity index (χ4v) is 0.519. The van der Waals surface area contributed by atoms with Crippen molar-refractivity contribution >= 4 is 0 Å². The molecular formula is C8H13N. The van der Waals surface area contributed by atoms with E-state index >= 15 is 0 Å². The molecule has 0 fully saturated rings. The van der Waals surface area contributed by atoms with Gasteiger partial charge in [0.05, 0.1) is 0 Å². The number of allylic oxidation sites excluding steroid dienone is 1. The molecular weight excluding hydrogens is 110 g/mol. The molecule has 0 unspecified atom stereocenters. The van der Waals surface area contributed by atoms with Crippen LogP contribution in [-0.2, 0) is 0 Å². The molecule has 0 bridgehead atoms. The summed E-state index contributed by atoms with van der Waals surface area (Å²) in [5, 5.41) is 0. The van der Waals surface area contributed by atoms with Gasteiger partial charge in [-0.3, -0.25) is 0 Å². The van der Waals surface area contributed by atoms with Crippen molar-refractivity contribution in [2.24, 2.45) is 0 Å². The molecule has 0 amide bonds. The maximum atomic E-state index is 3.50. The molecule has 0 saturated heterocycles. The summed E-state index contributed by atoms with van der Waals surface area (Å²) in [6.45, 7) is 9.64. The Morgan fingerprint density at radius 1 is 1.44 bits per heavy atom. The van der Waals surface area contributed by atoms with Crippen LogP contribution >= 0.6 is 0 Å². The van der Waals surface area contributed by atoms with Crippen LogP contribution in [0.25, 0.3) is 0 Å². The van der Waals surface area contributed by atoms with Crippen molar-refractivity contribution in [2.75, 3.05) is 13.1 Å². The summed E-state index contributed by atoms with van der Waals surface area (Å²) in [4.78, 5) is 2.03. The third-order valence-electron chi connectivity index (χ3n) is 1.09. The number of hydrogen-bond donors (Lipinski definition) is 0. The molecule has 0 heterocycles. The maximum Gasteiger partial charge on any atom is 0.0232 e. The number of hydrogen-bond acceptors (Lipinski definition) is 1. The van der Waals surface area contributed by atoms with Gasteiger partial charge in [0.15, 0.2) is 0 Å². The summed E-state index contributed by atoms with van der Waals surface area (Å²) < 4.78 is 0. The second-order valence-electron chi connectivity index (χ2n) is 1.63. The quantitative estimate of drug-likeness (QED) is 0.397. The third-order valence-corrected chi connectivity index (χ3v) is 1.09. The van der Waals surface area contributed by atoms with Gasteiger partial charge in [-0.2, -0.15) is 0 Å². The van der Waals surface area contributed by atoms with Gasteiger partial charge in [-0.05, 0) is 19.9 Å². The van der Waals surface area contributed by atoms with E-state index in [0.29, 0.717) is 0 Å². The first kappa shape index (κ1) is 8.10. The standard InChI is InChI=1S/C8H13N/c1-4-7-8-9(5-2)6-3/h4H,1,5-6H2,2-3H3. The molecule has 0 aromatic heterocycles. The van der Waals surface area contributed by atoms with E-state index in [1.165, 1.54) is 0 Å². The average molecular weight is 123 g/mol. The highest BCUT2D eigenvalue weighted by atomic mass is 15.1. The Morgan fingerprint density at radius 3 is 2.33 bits per heavy atom. The lowest BCUT2D eigenvalue weighted by atomic mass is 10.5. The summed E-state index contributed by atoms with van der Waals surface area (Å²) in [5.74, 6) is 2.79. The van der Waals surface area contributed by atoms with E-state index < -0.39 is 0 Å². The Kier molecular flexibility index (Phi) is 4.72. The largest absolute Gasteiger partial charge is 0.333 e. The van der Waals surface area contributed by atoms with Crippen molar-refractivity contribution in [1.29, 1.82) is 0 Å². The van der Waals surface area contributed by atoms with Gasteiger partial charge in [-0.1, -0.05) is 12.5 Å². The zero-order valence-corrected chi connectivity index (χ0v) is 6.15. The van der Waals surface area contributed by atoms with E-state index in [1.54, 1.807) is 6.08 Å². The smallest absolute Gasteiger partial charge is 0.0232 e. The summed E-state index contributed by atoms with van der Waals surface area (Å²) >= 11 is 0. The molecule has 0 spiro atoms. The molecule has 50 valence electrons. The van der Waals surface area contributed by atoms with E-state index in [2.05, 4.69) is 32.4 Å². The minimum absolute atomic E-state index is 0.983. The van der Waals surface area contributed by atoms with E-state index in [1.807, 2.05) is 4.90 Å². The highest BCUT2D eigenvalue weighted by Crippen LogP contribution is 1.80. The van der Waals surface area contributed by atoms with Crippen LogP contribution in [0.15, 0.2) is 12.7 Å². The average Bonchev–Trinajstić information content (AvgIpc) is 1.91. The summed E-state index contributed by atoms with van der Waals surface area (Å²) in [6, 6.07) is 2.93. The van der Waals surface area contributed by atoms with Gasteiger partial charge in [-0.15, -0.1) is 0 Å². The number of nitrogens with zero attached hydrogens (tertiary/aromatic N) is 1. The van der Waals surface area contributed by atoms with Crippen molar-refractivity contribution in [3.05, 3.63) is 12.7 Å². The van der Waals surface area contributed by atoms with Crippen LogP contribution in [-0.4, -0.2) is 18.0 Å². The fraction of sp³-hybridized carbons (Fsp3) is 0.500.